The van der Waals surface area contributed by atoms with Crippen molar-refractivity contribution in [1.82, 2.24) is 0 Å². The Hall–Kier alpha value is 0.793. The van der Waals surface area contributed by atoms with E-state index in [1.54, 1.807) is 0 Å². The third-order valence-electron chi connectivity index (χ3n) is 0.232. The summed E-state index contributed by atoms with van der Waals surface area (Å²) < 4.78 is 23.7. The third-order valence-corrected chi connectivity index (χ3v) is 2.94. The fourth-order valence-corrected chi connectivity index (χ4v) is 0. The van der Waals surface area contributed by atoms with Gasteiger partial charge in [0.05, 0.1) is 0 Å². The SMILES string of the molecule is CO[S](=O)(=O)[BiH2]. The van der Waals surface area contributed by atoms with Gasteiger partial charge < -0.3 is 0 Å². The number of rotatable bonds is 1. The first kappa shape index (κ1) is 6.79. The summed E-state index contributed by atoms with van der Waals surface area (Å²) in [5.74, 6) is 0. The molecular weight excluding hydrogens is 301 g/mol. The van der Waals surface area contributed by atoms with Crippen LogP contribution in [0.2, 0.25) is 0 Å². The summed E-state index contributed by atoms with van der Waals surface area (Å²) in [6.07, 6.45) is 0. The van der Waals surface area contributed by atoms with E-state index in [-0.39, 0.29) is 23.3 Å². The van der Waals surface area contributed by atoms with Crippen molar-refractivity contribution in [3.05, 3.63) is 0 Å². The average molecular weight is 306 g/mol. The minimum atomic E-state index is -3.00. The third kappa shape index (κ3) is 4.79. The van der Waals surface area contributed by atoms with Gasteiger partial charge in [-0.15, -0.1) is 0 Å². The predicted octanol–water partition coefficient (Wildman–Crippen LogP) is -1.49. The van der Waals surface area contributed by atoms with Crippen LogP contribution in [0.5, 0.6) is 0 Å². The summed E-state index contributed by atoms with van der Waals surface area (Å²) in [7, 11) is 1.16. The molecule has 0 unspecified atom stereocenters. The van der Waals surface area contributed by atoms with Gasteiger partial charge in [0.1, 0.15) is 0 Å². The molecule has 0 saturated carbocycles. The minimum absolute atomic E-state index is 0.104. The molecule has 0 saturated heterocycles. The first-order valence-electron chi connectivity index (χ1n) is 1.14. The van der Waals surface area contributed by atoms with E-state index in [1.807, 2.05) is 0 Å². The van der Waals surface area contributed by atoms with Crippen LogP contribution in [0.15, 0.2) is 0 Å². The summed E-state index contributed by atoms with van der Waals surface area (Å²) >= 11 is -0.104. The molecule has 3 nitrogen and oxygen atoms in total. The summed E-state index contributed by atoms with van der Waals surface area (Å²) in [6, 6.07) is 0. The molecule has 0 atom stereocenters. The second kappa shape index (κ2) is 2.19. The van der Waals surface area contributed by atoms with Crippen molar-refractivity contribution in [3.8, 4) is 0 Å². The van der Waals surface area contributed by atoms with Crippen molar-refractivity contribution in [1.29, 1.82) is 0 Å². The molecule has 0 spiro atoms. The van der Waals surface area contributed by atoms with Crippen molar-refractivity contribution >= 4 is 30.1 Å². The Morgan fingerprint density at radius 2 is 1.83 bits per heavy atom. The maximum absolute atomic E-state index is 9.85. The van der Waals surface area contributed by atoms with Gasteiger partial charge >= 0.3 is 49.8 Å². The molecule has 0 amide bonds. The molecule has 0 fully saturated rings. The first-order chi connectivity index (χ1) is 2.56. The summed E-state index contributed by atoms with van der Waals surface area (Å²) in [5, 5.41) is 0. The molecule has 0 bridgehead atoms. The van der Waals surface area contributed by atoms with E-state index in [2.05, 4.69) is 4.18 Å². The van der Waals surface area contributed by atoms with E-state index >= 15 is 0 Å². The quantitative estimate of drug-likeness (QED) is 0.555. The van der Waals surface area contributed by atoms with Crippen molar-refractivity contribution in [2.75, 3.05) is 7.11 Å². The predicted molar refractivity (Wildman–Crippen MR) is 24.5 cm³/mol. The fraction of sp³-hybridized carbons (Fsp3) is 1.00. The normalized spacial score (nSPS) is 11.7. The topological polar surface area (TPSA) is 43.4 Å². The van der Waals surface area contributed by atoms with E-state index < -0.39 is 6.87 Å². The van der Waals surface area contributed by atoms with E-state index in [9.17, 15) is 8.42 Å². The zero-order chi connectivity index (χ0) is 5.21. The fourth-order valence-electron chi connectivity index (χ4n) is 0. The van der Waals surface area contributed by atoms with E-state index in [1.165, 1.54) is 0 Å². The monoisotopic (exact) mass is 306 g/mol. The van der Waals surface area contributed by atoms with E-state index in [4.69, 9.17) is 0 Å². The van der Waals surface area contributed by atoms with Gasteiger partial charge in [-0.3, -0.25) is 0 Å². The molecule has 0 aromatic rings. The summed E-state index contributed by atoms with van der Waals surface area (Å²) in [4.78, 5) is 0. The number of hydrogen-bond acceptors (Lipinski definition) is 3. The van der Waals surface area contributed by atoms with Crippen LogP contribution < -0.4 is 0 Å². The molecule has 0 rings (SSSR count). The van der Waals surface area contributed by atoms with Gasteiger partial charge in [-0.1, -0.05) is 0 Å². The Morgan fingerprint density at radius 1 is 1.67 bits per heavy atom. The van der Waals surface area contributed by atoms with Crippen molar-refractivity contribution in [2.24, 2.45) is 0 Å². The van der Waals surface area contributed by atoms with Gasteiger partial charge in [-0.25, -0.2) is 0 Å². The average Bonchev–Trinajstić information content (AvgIpc) is 1.35. The number of hydrogen-bond donors (Lipinski definition) is 0. The molecule has 0 aliphatic rings. The Kier molecular flexibility index (Phi) is 2.48. The molecule has 0 heterocycles. The van der Waals surface area contributed by atoms with E-state index in [0.29, 0.717) is 0 Å². The van der Waals surface area contributed by atoms with Gasteiger partial charge in [0, 0.05) is 0 Å². The van der Waals surface area contributed by atoms with Crippen LogP contribution >= 0.6 is 0 Å². The summed E-state index contributed by atoms with van der Waals surface area (Å²) in [6.45, 7) is -3.00. The molecule has 0 aliphatic carbocycles. The molecular formula is CH5BiO3S. The second-order valence-electron chi connectivity index (χ2n) is 0.659. The van der Waals surface area contributed by atoms with Gasteiger partial charge in [-0.2, -0.15) is 0 Å². The van der Waals surface area contributed by atoms with Crippen LogP contribution in [-0.2, 0) is 11.1 Å². The Bertz CT molecular complexity index is 113. The van der Waals surface area contributed by atoms with Crippen LogP contribution in [-0.4, -0.2) is 38.8 Å². The zero-order valence-corrected chi connectivity index (χ0v) is 8.52. The first-order valence-corrected chi connectivity index (χ1v) is 8.11. The molecule has 6 heavy (non-hydrogen) atoms. The molecule has 0 aliphatic heterocycles. The van der Waals surface area contributed by atoms with E-state index in [0.717, 1.165) is 7.11 Å². The van der Waals surface area contributed by atoms with Crippen LogP contribution in [0.1, 0.15) is 0 Å². The van der Waals surface area contributed by atoms with Gasteiger partial charge in [0.25, 0.3) is 0 Å². The Balaban J connectivity index is 3.85. The molecule has 0 radical (unpaired) electrons. The molecule has 38 valence electrons. The van der Waals surface area contributed by atoms with Crippen molar-refractivity contribution in [3.63, 3.8) is 0 Å². The second-order valence-corrected chi connectivity index (χ2v) is 8.71. The van der Waals surface area contributed by atoms with Crippen LogP contribution in [0.25, 0.3) is 0 Å². The maximum atomic E-state index is 9.85. The van der Waals surface area contributed by atoms with Gasteiger partial charge in [0.2, 0.25) is 0 Å². The van der Waals surface area contributed by atoms with Crippen LogP contribution in [0.4, 0.5) is 0 Å². The molecule has 0 aromatic carbocycles. The van der Waals surface area contributed by atoms with Crippen molar-refractivity contribution < 1.29 is 12.6 Å². The zero-order valence-electron chi connectivity index (χ0n) is 3.21. The Labute approximate surface area is 49.9 Å². The molecule has 0 aromatic heterocycles. The Morgan fingerprint density at radius 3 is 1.83 bits per heavy atom. The van der Waals surface area contributed by atoms with Gasteiger partial charge in [0.15, 0.2) is 0 Å². The summed E-state index contributed by atoms with van der Waals surface area (Å²) in [5.41, 5.74) is 0. The molecule has 0 N–H and O–H groups in total. The van der Waals surface area contributed by atoms with Crippen LogP contribution in [0.3, 0.4) is 0 Å². The van der Waals surface area contributed by atoms with Crippen LogP contribution in [0, 0.1) is 0 Å². The van der Waals surface area contributed by atoms with Crippen molar-refractivity contribution in [2.45, 2.75) is 0 Å². The standard InChI is InChI=1S/CH3O3S.Bi.2H/c1-4-5(2)3;;;/h1H3;;;. The van der Waals surface area contributed by atoms with Gasteiger partial charge in [-0.05, 0) is 0 Å². The molecule has 5 heteroatoms.